The number of benzene rings is 2. The predicted molar refractivity (Wildman–Crippen MR) is 116 cm³/mol. The van der Waals surface area contributed by atoms with Crippen molar-refractivity contribution in [2.75, 3.05) is 25.6 Å². The van der Waals surface area contributed by atoms with Crippen molar-refractivity contribution in [2.45, 2.75) is 13.5 Å². The molecule has 152 valence electrons. The lowest BCUT2D eigenvalue weighted by molar-refractivity contribution is -0.117. The second-order valence-corrected chi connectivity index (χ2v) is 7.19. The van der Waals surface area contributed by atoms with E-state index in [0.717, 1.165) is 0 Å². The maximum Gasteiger partial charge on any atom is 0.240 e. The van der Waals surface area contributed by atoms with Crippen LogP contribution in [-0.2, 0) is 11.4 Å². The molecule has 0 saturated heterocycles. The predicted octanol–water partition coefficient (Wildman–Crippen LogP) is 4.36. The number of aryl methyl sites for hydroxylation is 1. The van der Waals surface area contributed by atoms with Gasteiger partial charge in [-0.1, -0.05) is 35.3 Å². The van der Waals surface area contributed by atoms with E-state index in [-0.39, 0.29) is 19.1 Å². The molecule has 3 rings (SSSR count). The minimum Gasteiger partial charge on any atom is -0.494 e. The van der Waals surface area contributed by atoms with Gasteiger partial charge in [0.2, 0.25) is 5.91 Å². The van der Waals surface area contributed by atoms with E-state index in [4.69, 9.17) is 38.4 Å². The van der Waals surface area contributed by atoms with Gasteiger partial charge in [0, 0.05) is 22.7 Å². The van der Waals surface area contributed by atoms with Gasteiger partial charge < -0.3 is 20.1 Å². The second kappa shape index (κ2) is 8.86. The van der Waals surface area contributed by atoms with E-state index in [9.17, 15) is 4.79 Å². The third kappa shape index (κ3) is 4.10. The van der Waals surface area contributed by atoms with Gasteiger partial charge in [-0.2, -0.15) is 0 Å². The van der Waals surface area contributed by atoms with Gasteiger partial charge in [0.05, 0.1) is 30.3 Å². The quantitative estimate of drug-likeness (QED) is 0.624. The first-order chi connectivity index (χ1) is 13.9. The smallest absolute Gasteiger partial charge is 0.240 e. The van der Waals surface area contributed by atoms with Crippen molar-refractivity contribution in [1.82, 2.24) is 4.98 Å². The molecule has 8 heteroatoms. The fourth-order valence-electron chi connectivity index (χ4n) is 3.15. The highest BCUT2D eigenvalue weighted by Crippen LogP contribution is 2.42. The molecule has 0 radical (unpaired) electrons. The Morgan fingerprint density at radius 3 is 2.45 bits per heavy atom. The number of carbonyl (C=O) groups excluding carboxylic acids is 1. The van der Waals surface area contributed by atoms with E-state index >= 15 is 0 Å². The number of pyridine rings is 1. The Balaban J connectivity index is 2.12. The van der Waals surface area contributed by atoms with E-state index in [1.165, 1.54) is 4.90 Å². The highest BCUT2D eigenvalue weighted by atomic mass is 35.5. The lowest BCUT2D eigenvalue weighted by Crippen LogP contribution is -2.33. The SMILES string of the molecule is COc1c(N(C)C(=O)CN)c(C)nc2cccc(OCc3c(Cl)cccc3Cl)c12. The number of hydrogen-bond donors (Lipinski definition) is 1. The van der Waals surface area contributed by atoms with Crippen LogP contribution >= 0.6 is 23.2 Å². The minimum absolute atomic E-state index is 0.125. The Morgan fingerprint density at radius 2 is 1.83 bits per heavy atom. The Morgan fingerprint density at radius 1 is 1.17 bits per heavy atom. The van der Waals surface area contributed by atoms with E-state index in [1.54, 1.807) is 38.4 Å². The van der Waals surface area contributed by atoms with E-state index in [2.05, 4.69) is 4.98 Å². The molecular weight excluding hydrogens is 413 g/mol. The molecule has 1 amide bonds. The first-order valence-electron chi connectivity index (χ1n) is 8.88. The number of fused-ring (bicyclic) bond motifs is 1. The van der Waals surface area contributed by atoms with Crippen molar-refractivity contribution in [3.63, 3.8) is 0 Å². The molecule has 0 unspecified atom stereocenters. The molecule has 0 atom stereocenters. The van der Waals surface area contributed by atoms with Crippen molar-refractivity contribution >= 4 is 45.7 Å². The number of rotatable bonds is 6. The third-order valence-electron chi connectivity index (χ3n) is 4.60. The average molecular weight is 434 g/mol. The summed E-state index contributed by atoms with van der Waals surface area (Å²) in [5.74, 6) is 0.768. The van der Waals surface area contributed by atoms with Gasteiger partial charge in [0.1, 0.15) is 18.0 Å². The number of likely N-dealkylation sites (N-methyl/N-ethyl adjacent to an activating group) is 1. The van der Waals surface area contributed by atoms with Crippen LogP contribution in [0.4, 0.5) is 5.69 Å². The van der Waals surface area contributed by atoms with Gasteiger partial charge in [0.15, 0.2) is 5.75 Å². The molecule has 29 heavy (non-hydrogen) atoms. The van der Waals surface area contributed by atoms with Crippen LogP contribution in [0.5, 0.6) is 11.5 Å². The zero-order valence-corrected chi connectivity index (χ0v) is 17.8. The molecule has 3 aromatic rings. The number of hydrogen-bond acceptors (Lipinski definition) is 5. The Hall–Kier alpha value is -2.54. The molecule has 2 N–H and O–H groups in total. The third-order valence-corrected chi connectivity index (χ3v) is 5.31. The summed E-state index contributed by atoms with van der Waals surface area (Å²) in [5, 5.41) is 1.69. The first-order valence-corrected chi connectivity index (χ1v) is 9.64. The fourth-order valence-corrected chi connectivity index (χ4v) is 3.66. The summed E-state index contributed by atoms with van der Waals surface area (Å²) in [7, 11) is 3.18. The number of nitrogens with zero attached hydrogens (tertiary/aromatic N) is 2. The molecule has 0 aliphatic heterocycles. The summed E-state index contributed by atoms with van der Waals surface area (Å²) in [6, 6.07) is 10.8. The highest BCUT2D eigenvalue weighted by molar-refractivity contribution is 6.35. The molecule has 0 saturated carbocycles. The molecule has 1 heterocycles. The van der Waals surface area contributed by atoms with E-state index in [1.807, 2.05) is 19.1 Å². The van der Waals surface area contributed by atoms with Crippen LogP contribution in [-0.4, -0.2) is 31.6 Å². The number of ether oxygens (including phenoxy) is 2. The molecule has 0 fully saturated rings. The summed E-state index contributed by atoms with van der Waals surface area (Å²) in [4.78, 5) is 18.3. The number of nitrogens with two attached hydrogens (primary N) is 1. The van der Waals surface area contributed by atoms with Crippen LogP contribution in [0.3, 0.4) is 0 Å². The highest BCUT2D eigenvalue weighted by Gasteiger charge is 2.23. The molecular formula is C21H21Cl2N3O3. The van der Waals surface area contributed by atoms with Gasteiger partial charge in [-0.25, -0.2) is 0 Å². The van der Waals surface area contributed by atoms with Crippen molar-refractivity contribution in [3.05, 3.63) is 57.7 Å². The normalized spacial score (nSPS) is 10.8. The van der Waals surface area contributed by atoms with Crippen LogP contribution in [0.1, 0.15) is 11.3 Å². The zero-order chi connectivity index (χ0) is 21.1. The van der Waals surface area contributed by atoms with Crippen LogP contribution in [0.2, 0.25) is 10.0 Å². The van der Waals surface area contributed by atoms with Gasteiger partial charge in [-0.05, 0) is 31.2 Å². The summed E-state index contributed by atoms with van der Waals surface area (Å²) < 4.78 is 11.7. The summed E-state index contributed by atoms with van der Waals surface area (Å²) >= 11 is 12.5. The Bertz CT molecular complexity index is 1050. The Labute approximate surface area is 179 Å². The topological polar surface area (TPSA) is 77.7 Å². The summed E-state index contributed by atoms with van der Waals surface area (Å²) in [6.45, 7) is 1.86. The summed E-state index contributed by atoms with van der Waals surface area (Å²) in [5.41, 5.74) is 8.08. The standard InChI is InChI=1S/C21H21Cl2N3O3/c1-12-20(26(2)18(27)10-24)21(28-3)19-16(25-12)8-5-9-17(19)29-11-13-14(22)6-4-7-15(13)23/h4-9H,10-11,24H2,1-3H3. The number of carbonyl (C=O) groups is 1. The monoisotopic (exact) mass is 433 g/mol. The van der Waals surface area contributed by atoms with Crippen LogP contribution in [0.25, 0.3) is 10.9 Å². The lowest BCUT2D eigenvalue weighted by atomic mass is 10.1. The number of methoxy groups -OCH3 is 1. The fraction of sp³-hybridized carbons (Fsp3) is 0.238. The number of aromatic nitrogens is 1. The molecule has 6 nitrogen and oxygen atoms in total. The van der Waals surface area contributed by atoms with Crippen LogP contribution in [0.15, 0.2) is 36.4 Å². The van der Waals surface area contributed by atoms with E-state index in [0.29, 0.717) is 49.4 Å². The largest absolute Gasteiger partial charge is 0.494 e. The molecule has 0 bridgehead atoms. The maximum atomic E-state index is 12.2. The molecule has 0 spiro atoms. The molecule has 0 aliphatic rings. The number of anilines is 1. The molecule has 1 aromatic heterocycles. The van der Waals surface area contributed by atoms with Gasteiger partial charge in [0.25, 0.3) is 0 Å². The molecule has 2 aromatic carbocycles. The first kappa shape index (κ1) is 21.2. The lowest BCUT2D eigenvalue weighted by Gasteiger charge is -2.23. The van der Waals surface area contributed by atoms with Crippen molar-refractivity contribution < 1.29 is 14.3 Å². The van der Waals surface area contributed by atoms with Crippen LogP contribution < -0.4 is 20.1 Å². The minimum atomic E-state index is -0.256. The van der Waals surface area contributed by atoms with Gasteiger partial charge in [-0.3, -0.25) is 9.78 Å². The zero-order valence-electron chi connectivity index (χ0n) is 16.3. The maximum absolute atomic E-state index is 12.2. The number of amides is 1. The van der Waals surface area contributed by atoms with Crippen molar-refractivity contribution in [3.8, 4) is 11.5 Å². The average Bonchev–Trinajstić information content (AvgIpc) is 2.71. The Kier molecular flexibility index (Phi) is 6.47. The van der Waals surface area contributed by atoms with Crippen LogP contribution in [0, 0.1) is 6.92 Å². The molecule has 0 aliphatic carbocycles. The second-order valence-electron chi connectivity index (χ2n) is 6.38. The van der Waals surface area contributed by atoms with E-state index < -0.39 is 0 Å². The van der Waals surface area contributed by atoms with Crippen molar-refractivity contribution in [1.29, 1.82) is 0 Å². The van der Waals surface area contributed by atoms with Gasteiger partial charge in [-0.15, -0.1) is 0 Å². The number of halogens is 2. The van der Waals surface area contributed by atoms with Crippen molar-refractivity contribution in [2.24, 2.45) is 5.73 Å². The van der Waals surface area contributed by atoms with Gasteiger partial charge >= 0.3 is 0 Å². The summed E-state index contributed by atoms with van der Waals surface area (Å²) in [6.07, 6.45) is 0.